The van der Waals surface area contributed by atoms with Gasteiger partial charge in [0.25, 0.3) is 0 Å². The van der Waals surface area contributed by atoms with E-state index in [0.717, 1.165) is 30.3 Å². The van der Waals surface area contributed by atoms with Crippen LogP contribution in [-0.4, -0.2) is 30.1 Å². The van der Waals surface area contributed by atoms with Crippen LogP contribution in [0.5, 0.6) is 5.75 Å². The van der Waals surface area contributed by atoms with Crippen LogP contribution in [0.3, 0.4) is 0 Å². The monoisotopic (exact) mass is 306 g/mol. The third kappa shape index (κ3) is 4.42. The maximum Gasteiger partial charge on any atom is 0.123 e. The molecule has 1 atom stereocenters. The molecule has 0 saturated carbocycles. The van der Waals surface area contributed by atoms with Gasteiger partial charge in [-0.3, -0.25) is 4.90 Å². The Morgan fingerprint density at radius 1 is 1.38 bits per heavy atom. The Morgan fingerprint density at radius 3 is 2.86 bits per heavy atom. The van der Waals surface area contributed by atoms with Crippen molar-refractivity contribution in [3.8, 4) is 5.75 Å². The number of methoxy groups -OCH3 is 1. The maximum atomic E-state index is 5.75. The van der Waals surface area contributed by atoms with Crippen molar-refractivity contribution in [3.63, 3.8) is 0 Å². The van der Waals surface area contributed by atoms with Gasteiger partial charge in [0, 0.05) is 17.7 Å². The fourth-order valence-electron chi connectivity index (χ4n) is 3.09. The lowest BCUT2D eigenvalue weighted by Gasteiger charge is -2.22. The van der Waals surface area contributed by atoms with Crippen LogP contribution in [0.1, 0.15) is 43.7 Å². The minimum atomic E-state index is 0.445. The van der Waals surface area contributed by atoms with E-state index in [1.54, 1.807) is 7.11 Å². The summed E-state index contributed by atoms with van der Waals surface area (Å²) in [4.78, 5) is 2.97. The standard InChI is InChI=1S/C17H26N2OS/c1-3-13-5-4-9-19(10-8-13)12-15-11-14(17(18)21)6-7-16(15)20-2/h6-7,11,13H,3-5,8-10,12H2,1-2H3,(H2,18,21). The molecule has 4 heteroatoms. The molecule has 1 unspecified atom stereocenters. The van der Waals surface area contributed by atoms with Crippen LogP contribution in [0.15, 0.2) is 18.2 Å². The zero-order valence-corrected chi connectivity index (χ0v) is 13.9. The van der Waals surface area contributed by atoms with Crippen LogP contribution >= 0.6 is 12.2 Å². The SMILES string of the molecule is CCC1CCCN(Cc2cc(C(N)=S)ccc2OC)CC1. The molecule has 2 rings (SSSR count). The lowest BCUT2D eigenvalue weighted by Crippen LogP contribution is -2.25. The molecule has 0 aliphatic carbocycles. The smallest absolute Gasteiger partial charge is 0.123 e. The van der Waals surface area contributed by atoms with E-state index in [0.29, 0.717) is 4.99 Å². The van der Waals surface area contributed by atoms with Gasteiger partial charge in [0.05, 0.1) is 7.11 Å². The van der Waals surface area contributed by atoms with Gasteiger partial charge >= 0.3 is 0 Å². The van der Waals surface area contributed by atoms with Crippen molar-refractivity contribution in [2.45, 2.75) is 39.2 Å². The minimum absolute atomic E-state index is 0.445. The molecule has 1 aromatic rings. The van der Waals surface area contributed by atoms with E-state index in [9.17, 15) is 0 Å². The number of likely N-dealkylation sites (tertiary alicyclic amines) is 1. The Labute approximate surface area is 133 Å². The number of hydrogen-bond donors (Lipinski definition) is 1. The number of thiocarbonyl (C=S) groups is 1. The molecule has 1 aliphatic heterocycles. The van der Waals surface area contributed by atoms with Crippen molar-refractivity contribution in [2.24, 2.45) is 11.7 Å². The Morgan fingerprint density at radius 2 is 2.19 bits per heavy atom. The summed E-state index contributed by atoms with van der Waals surface area (Å²) < 4.78 is 5.48. The Hall–Kier alpha value is -1.13. The van der Waals surface area contributed by atoms with Crippen molar-refractivity contribution in [3.05, 3.63) is 29.3 Å². The predicted octanol–water partition coefficient (Wildman–Crippen LogP) is 3.34. The van der Waals surface area contributed by atoms with Crippen molar-refractivity contribution >= 4 is 17.2 Å². The fraction of sp³-hybridized carbons (Fsp3) is 0.588. The van der Waals surface area contributed by atoms with Gasteiger partial charge in [-0.05, 0) is 56.5 Å². The molecule has 1 aromatic carbocycles. The summed E-state index contributed by atoms with van der Waals surface area (Å²) >= 11 is 5.08. The zero-order valence-electron chi connectivity index (χ0n) is 13.1. The van der Waals surface area contributed by atoms with Crippen LogP contribution < -0.4 is 10.5 Å². The van der Waals surface area contributed by atoms with E-state index >= 15 is 0 Å². The van der Waals surface area contributed by atoms with Crippen LogP contribution in [0.25, 0.3) is 0 Å². The van der Waals surface area contributed by atoms with Crippen molar-refractivity contribution < 1.29 is 4.74 Å². The lowest BCUT2D eigenvalue weighted by atomic mass is 9.98. The molecule has 1 heterocycles. The molecular weight excluding hydrogens is 280 g/mol. The second kappa shape index (κ2) is 7.76. The first kappa shape index (κ1) is 16.2. The van der Waals surface area contributed by atoms with Crippen LogP contribution in [0.4, 0.5) is 0 Å². The topological polar surface area (TPSA) is 38.5 Å². The van der Waals surface area contributed by atoms with Gasteiger partial charge in [-0.2, -0.15) is 0 Å². The summed E-state index contributed by atoms with van der Waals surface area (Å²) in [6.07, 6.45) is 5.24. The van der Waals surface area contributed by atoms with E-state index in [-0.39, 0.29) is 0 Å². The maximum absolute atomic E-state index is 5.75. The van der Waals surface area contributed by atoms with Gasteiger partial charge in [0.2, 0.25) is 0 Å². The summed E-state index contributed by atoms with van der Waals surface area (Å²) in [6.45, 7) is 5.54. The van der Waals surface area contributed by atoms with Crippen LogP contribution in [0, 0.1) is 5.92 Å². The van der Waals surface area contributed by atoms with Gasteiger partial charge in [-0.15, -0.1) is 0 Å². The van der Waals surface area contributed by atoms with E-state index in [1.165, 1.54) is 37.8 Å². The zero-order chi connectivity index (χ0) is 15.2. The largest absolute Gasteiger partial charge is 0.496 e. The highest BCUT2D eigenvalue weighted by molar-refractivity contribution is 7.80. The quantitative estimate of drug-likeness (QED) is 0.847. The van der Waals surface area contributed by atoms with E-state index in [4.69, 9.17) is 22.7 Å². The molecule has 116 valence electrons. The lowest BCUT2D eigenvalue weighted by molar-refractivity contribution is 0.267. The number of rotatable bonds is 5. The highest BCUT2D eigenvalue weighted by Gasteiger charge is 2.17. The molecule has 1 saturated heterocycles. The van der Waals surface area contributed by atoms with Crippen molar-refractivity contribution in [1.29, 1.82) is 0 Å². The molecule has 1 aliphatic rings. The average Bonchev–Trinajstić information content (AvgIpc) is 2.72. The van der Waals surface area contributed by atoms with Crippen molar-refractivity contribution in [2.75, 3.05) is 20.2 Å². The second-order valence-corrected chi connectivity index (χ2v) is 6.31. The summed E-state index contributed by atoms with van der Waals surface area (Å²) in [5.74, 6) is 1.81. The van der Waals surface area contributed by atoms with Crippen molar-refractivity contribution in [1.82, 2.24) is 4.90 Å². The first-order chi connectivity index (χ1) is 10.1. The van der Waals surface area contributed by atoms with E-state index in [1.807, 2.05) is 12.1 Å². The first-order valence-corrected chi connectivity index (χ1v) is 8.24. The fourth-order valence-corrected chi connectivity index (χ4v) is 3.21. The number of nitrogens with zero attached hydrogens (tertiary/aromatic N) is 1. The van der Waals surface area contributed by atoms with Gasteiger partial charge in [0.1, 0.15) is 10.7 Å². The second-order valence-electron chi connectivity index (χ2n) is 5.87. The molecule has 0 bridgehead atoms. The highest BCUT2D eigenvalue weighted by Crippen LogP contribution is 2.25. The predicted molar refractivity (Wildman–Crippen MR) is 91.8 cm³/mol. The third-order valence-electron chi connectivity index (χ3n) is 4.48. The van der Waals surface area contributed by atoms with Gasteiger partial charge in [-0.1, -0.05) is 25.6 Å². The summed E-state index contributed by atoms with van der Waals surface area (Å²) in [5.41, 5.74) is 7.84. The van der Waals surface area contributed by atoms with Gasteiger partial charge in [0.15, 0.2) is 0 Å². The molecule has 0 amide bonds. The normalized spacial score (nSPS) is 20.0. The molecule has 1 fully saturated rings. The summed E-state index contributed by atoms with van der Waals surface area (Å²) in [7, 11) is 1.72. The molecule has 2 N–H and O–H groups in total. The van der Waals surface area contributed by atoms with E-state index in [2.05, 4.69) is 17.9 Å². The van der Waals surface area contributed by atoms with Crippen LogP contribution in [-0.2, 0) is 6.54 Å². The number of hydrogen-bond acceptors (Lipinski definition) is 3. The van der Waals surface area contributed by atoms with Gasteiger partial charge in [-0.25, -0.2) is 0 Å². The average molecular weight is 306 g/mol. The molecule has 21 heavy (non-hydrogen) atoms. The number of benzene rings is 1. The molecule has 0 spiro atoms. The van der Waals surface area contributed by atoms with E-state index < -0.39 is 0 Å². The van der Waals surface area contributed by atoms with Gasteiger partial charge < -0.3 is 10.5 Å². The molecule has 0 radical (unpaired) electrons. The first-order valence-electron chi connectivity index (χ1n) is 7.83. The minimum Gasteiger partial charge on any atom is -0.496 e. The third-order valence-corrected chi connectivity index (χ3v) is 4.71. The Bertz CT molecular complexity index is 490. The Kier molecular flexibility index (Phi) is 6.00. The molecule has 3 nitrogen and oxygen atoms in total. The highest BCUT2D eigenvalue weighted by atomic mass is 32.1. The van der Waals surface area contributed by atoms with Crippen LogP contribution in [0.2, 0.25) is 0 Å². The summed E-state index contributed by atoms with van der Waals surface area (Å²) in [5, 5.41) is 0. The summed E-state index contributed by atoms with van der Waals surface area (Å²) in [6, 6.07) is 5.97. The number of ether oxygens (including phenoxy) is 1. The molecular formula is C17H26N2OS. The number of nitrogens with two attached hydrogens (primary N) is 1. The Balaban J connectivity index is 2.10. The molecule has 0 aromatic heterocycles.